The lowest BCUT2D eigenvalue weighted by atomic mass is 9.86. The molecule has 0 bridgehead atoms. The summed E-state index contributed by atoms with van der Waals surface area (Å²) in [6.07, 6.45) is 3.95. The minimum Gasteiger partial charge on any atom is -0.399 e. The van der Waals surface area contributed by atoms with Gasteiger partial charge in [-0.05, 0) is 43.4 Å². The average Bonchev–Trinajstić information content (AvgIpc) is 2.42. The Morgan fingerprint density at radius 3 is 2.52 bits per heavy atom. The maximum atomic E-state index is 14.2. The molecular formula is C15H23FN2O2S. The summed E-state index contributed by atoms with van der Waals surface area (Å²) >= 11 is 0. The third-order valence-electron chi connectivity index (χ3n) is 4.43. The topological polar surface area (TPSA) is 63.4 Å². The van der Waals surface area contributed by atoms with Crippen LogP contribution in [0.3, 0.4) is 0 Å². The summed E-state index contributed by atoms with van der Waals surface area (Å²) in [4.78, 5) is -0.319. The van der Waals surface area contributed by atoms with Crippen LogP contribution in [-0.2, 0) is 10.0 Å². The molecule has 118 valence electrons. The first kappa shape index (κ1) is 16.2. The molecule has 2 atom stereocenters. The van der Waals surface area contributed by atoms with E-state index in [0.717, 1.165) is 25.7 Å². The molecule has 1 aromatic carbocycles. The van der Waals surface area contributed by atoms with Gasteiger partial charge in [-0.2, -0.15) is 4.31 Å². The number of halogens is 1. The number of hydrogen-bond acceptors (Lipinski definition) is 3. The Balaban J connectivity index is 2.42. The van der Waals surface area contributed by atoms with Gasteiger partial charge in [-0.1, -0.05) is 19.8 Å². The number of hydrogen-bond donors (Lipinski definition) is 1. The van der Waals surface area contributed by atoms with Crippen molar-refractivity contribution in [2.75, 3.05) is 12.8 Å². The van der Waals surface area contributed by atoms with Crippen LogP contribution in [0.1, 0.15) is 38.2 Å². The highest BCUT2D eigenvalue weighted by Crippen LogP contribution is 2.32. The molecule has 4 nitrogen and oxygen atoms in total. The fraction of sp³-hybridized carbons (Fsp3) is 0.600. The lowest BCUT2D eigenvalue weighted by molar-refractivity contribution is 0.213. The number of nitrogens with two attached hydrogens (primary N) is 1. The van der Waals surface area contributed by atoms with E-state index in [1.54, 1.807) is 7.05 Å². The highest BCUT2D eigenvalue weighted by molar-refractivity contribution is 7.89. The zero-order valence-corrected chi connectivity index (χ0v) is 13.6. The largest absolute Gasteiger partial charge is 0.399 e. The Bertz CT molecular complexity index is 631. The molecule has 1 fully saturated rings. The molecule has 0 heterocycles. The van der Waals surface area contributed by atoms with E-state index in [0.29, 0.717) is 0 Å². The van der Waals surface area contributed by atoms with Crippen LogP contribution >= 0.6 is 0 Å². The van der Waals surface area contributed by atoms with Gasteiger partial charge in [0.25, 0.3) is 0 Å². The van der Waals surface area contributed by atoms with E-state index in [1.807, 2.05) is 0 Å². The molecule has 1 aromatic rings. The van der Waals surface area contributed by atoms with Gasteiger partial charge < -0.3 is 5.73 Å². The Hall–Kier alpha value is -1.14. The van der Waals surface area contributed by atoms with E-state index in [9.17, 15) is 12.8 Å². The molecule has 0 saturated heterocycles. The highest BCUT2D eigenvalue weighted by atomic mass is 32.2. The zero-order valence-electron chi connectivity index (χ0n) is 12.8. The molecule has 2 unspecified atom stereocenters. The van der Waals surface area contributed by atoms with E-state index in [2.05, 4.69) is 6.92 Å². The second-order valence-electron chi connectivity index (χ2n) is 6.00. The predicted molar refractivity (Wildman–Crippen MR) is 81.9 cm³/mol. The minimum atomic E-state index is -3.87. The Morgan fingerprint density at radius 2 is 1.90 bits per heavy atom. The van der Waals surface area contributed by atoms with Crippen molar-refractivity contribution >= 4 is 15.7 Å². The van der Waals surface area contributed by atoms with Crippen LogP contribution < -0.4 is 5.73 Å². The van der Waals surface area contributed by atoms with E-state index < -0.39 is 15.8 Å². The van der Waals surface area contributed by atoms with Crippen molar-refractivity contribution in [3.63, 3.8) is 0 Å². The summed E-state index contributed by atoms with van der Waals surface area (Å²) in [6.45, 7) is 3.57. The highest BCUT2D eigenvalue weighted by Gasteiger charge is 2.34. The molecule has 1 saturated carbocycles. The Labute approximate surface area is 126 Å². The van der Waals surface area contributed by atoms with Crippen LogP contribution in [0.2, 0.25) is 0 Å². The number of sulfonamides is 1. The third-order valence-corrected chi connectivity index (χ3v) is 6.32. The van der Waals surface area contributed by atoms with Gasteiger partial charge in [-0.3, -0.25) is 0 Å². The van der Waals surface area contributed by atoms with Crippen molar-refractivity contribution in [3.8, 4) is 0 Å². The van der Waals surface area contributed by atoms with Crippen LogP contribution in [0.15, 0.2) is 17.0 Å². The molecule has 0 aromatic heterocycles. The second kappa shape index (κ2) is 5.93. The lowest BCUT2D eigenvalue weighted by Gasteiger charge is -2.35. The molecule has 6 heteroatoms. The van der Waals surface area contributed by atoms with Crippen molar-refractivity contribution in [2.24, 2.45) is 5.92 Å². The van der Waals surface area contributed by atoms with E-state index in [-0.39, 0.29) is 28.1 Å². The van der Waals surface area contributed by atoms with Crippen LogP contribution in [-0.4, -0.2) is 25.8 Å². The van der Waals surface area contributed by atoms with Crippen molar-refractivity contribution in [1.82, 2.24) is 4.31 Å². The fourth-order valence-electron chi connectivity index (χ4n) is 3.12. The van der Waals surface area contributed by atoms with Crippen LogP contribution in [0, 0.1) is 18.7 Å². The molecule has 2 rings (SSSR count). The number of rotatable bonds is 3. The number of nitrogens with zero attached hydrogens (tertiary/aromatic N) is 1. The van der Waals surface area contributed by atoms with Crippen LogP contribution in [0.4, 0.5) is 10.1 Å². The monoisotopic (exact) mass is 314 g/mol. The zero-order chi connectivity index (χ0) is 15.8. The van der Waals surface area contributed by atoms with Gasteiger partial charge in [0.2, 0.25) is 10.0 Å². The normalized spacial score (nSPS) is 23.5. The van der Waals surface area contributed by atoms with E-state index in [4.69, 9.17) is 5.73 Å². The summed E-state index contributed by atoms with van der Waals surface area (Å²) in [5.41, 5.74) is 6.19. The number of anilines is 1. The van der Waals surface area contributed by atoms with Crippen molar-refractivity contribution in [3.05, 3.63) is 23.5 Å². The second-order valence-corrected chi connectivity index (χ2v) is 7.97. The molecule has 0 radical (unpaired) electrons. The van der Waals surface area contributed by atoms with Gasteiger partial charge in [0.15, 0.2) is 0 Å². The maximum Gasteiger partial charge on any atom is 0.246 e. The molecule has 2 N–H and O–H groups in total. The van der Waals surface area contributed by atoms with Gasteiger partial charge in [-0.25, -0.2) is 12.8 Å². The minimum absolute atomic E-state index is 0.0788. The van der Waals surface area contributed by atoms with E-state index in [1.165, 1.54) is 23.4 Å². The summed E-state index contributed by atoms with van der Waals surface area (Å²) in [5, 5.41) is 0. The summed E-state index contributed by atoms with van der Waals surface area (Å²) < 4.78 is 41.0. The average molecular weight is 314 g/mol. The third kappa shape index (κ3) is 3.06. The molecule has 0 aliphatic heterocycles. The SMILES string of the molecule is Cc1cc(N)cc(S(=O)(=O)N(C)C2CCCCC2C)c1F. The summed E-state index contributed by atoms with van der Waals surface area (Å²) in [5.74, 6) is -0.428. The Morgan fingerprint density at radius 1 is 1.29 bits per heavy atom. The van der Waals surface area contributed by atoms with Gasteiger partial charge in [0.05, 0.1) is 0 Å². The van der Waals surface area contributed by atoms with Gasteiger partial charge in [0.1, 0.15) is 10.7 Å². The molecular weight excluding hydrogens is 291 g/mol. The van der Waals surface area contributed by atoms with E-state index >= 15 is 0 Å². The first-order valence-electron chi connectivity index (χ1n) is 7.28. The van der Waals surface area contributed by atoms with Gasteiger partial charge in [0, 0.05) is 18.8 Å². The standard InChI is InChI=1S/C15H23FN2O2S/c1-10-6-4-5-7-13(10)18(3)21(19,20)14-9-12(17)8-11(2)15(14)16/h8-10,13H,4-7,17H2,1-3H3. The van der Waals surface area contributed by atoms with Crippen LogP contribution in [0.25, 0.3) is 0 Å². The maximum absolute atomic E-state index is 14.2. The molecule has 0 amide bonds. The summed E-state index contributed by atoms with van der Waals surface area (Å²) in [6, 6.07) is 2.57. The van der Waals surface area contributed by atoms with Crippen molar-refractivity contribution in [1.29, 1.82) is 0 Å². The van der Waals surface area contributed by atoms with Crippen molar-refractivity contribution in [2.45, 2.75) is 50.5 Å². The Kier molecular flexibility index (Phi) is 4.58. The van der Waals surface area contributed by atoms with Crippen LogP contribution in [0.5, 0.6) is 0 Å². The van der Waals surface area contributed by atoms with Gasteiger partial charge in [-0.15, -0.1) is 0 Å². The number of aryl methyl sites for hydroxylation is 1. The van der Waals surface area contributed by atoms with Gasteiger partial charge >= 0.3 is 0 Å². The predicted octanol–water partition coefficient (Wildman–Crippen LogP) is 2.92. The molecule has 21 heavy (non-hydrogen) atoms. The summed E-state index contributed by atoms with van der Waals surface area (Å²) in [7, 11) is -2.33. The number of nitrogen functional groups attached to an aromatic ring is 1. The fourth-order valence-corrected chi connectivity index (χ4v) is 4.77. The number of benzene rings is 1. The lowest BCUT2D eigenvalue weighted by Crippen LogP contribution is -2.42. The molecule has 1 aliphatic carbocycles. The first-order valence-corrected chi connectivity index (χ1v) is 8.73. The smallest absolute Gasteiger partial charge is 0.246 e. The quantitative estimate of drug-likeness (QED) is 0.873. The first-order chi connectivity index (χ1) is 9.75. The molecule has 1 aliphatic rings. The molecule has 0 spiro atoms. The van der Waals surface area contributed by atoms with Crippen molar-refractivity contribution < 1.29 is 12.8 Å².